The van der Waals surface area contributed by atoms with E-state index in [4.69, 9.17) is 5.11 Å². The predicted molar refractivity (Wildman–Crippen MR) is 50.6 cm³/mol. The van der Waals surface area contributed by atoms with Gasteiger partial charge in [-0.3, -0.25) is 4.79 Å². The molecule has 0 amide bonds. The third kappa shape index (κ3) is 1.92. The van der Waals surface area contributed by atoms with Gasteiger partial charge in [0.15, 0.2) is 0 Å². The summed E-state index contributed by atoms with van der Waals surface area (Å²) in [6.07, 6.45) is 4.06. The number of hydrogen-bond acceptors (Lipinski definition) is 1. The van der Waals surface area contributed by atoms with Crippen molar-refractivity contribution < 1.29 is 9.90 Å². The Morgan fingerprint density at radius 1 is 1.42 bits per heavy atom. The van der Waals surface area contributed by atoms with Gasteiger partial charge in [-0.2, -0.15) is 0 Å². The van der Waals surface area contributed by atoms with Gasteiger partial charge in [-0.25, -0.2) is 0 Å². The van der Waals surface area contributed by atoms with E-state index in [1.165, 1.54) is 0 Å². The van der Waals surface area contributed by atoms with Gasteiger partial charge >= 0.3 is 5.97 Å². The molecule has 1 rings (SSSR count). The molecule has 0 aliphatic heterocycles. The van der Waals surface area contributed by atoms with Crippen LogP contribution in [0.1, 0.15) is 39.5 Å². The Bertz CT molecular complexity index is 156. The standard InChI is InChI=1S/C9H16O2.ClH/c1-3-9(4-2)5-7(6-9)8(10)11;/h7H,3-6H2,1-2H3,(H,10,11);1H. The molecule has 1 fully saturated rings. The van der Waals surface area contributed by atoms with Gasteiger partial charge in [0.2, 0.25) is 0 Å². The van der Waals surface area contributed by atoms with E-state index in [1.807, 2.05) is 0 Å². The molecule has 0 radical (unpaired) electrons. The maximum absolute atomic E-state index is 10.5. The molecule has 1 saturated carbocycles. The van der Waals surface area contributed by atoms with Crippen LogP contribution in [0.4, 0.5) is 0 Å². The number of rotatable bonds is 3. The second kappa shape index (κ2) is 4.13. The highest BCUT2D eigenvalue weighted by molar-refractivity contribution is 5.85. The van der Waals surface area contributed by atoms with Gasteiger partial charge in [-0.1, -0.05) is 26.7 Å². The smallest absolute Gasteiger partial charge is 0.306 e. The monoisotopic (exact) mass is 192 g/mol. The minimum atomic E-state index is -0.609. The largest absolute Gasteiger partial charge is 0.481 e. The fraction of sp³-hybridized carbons (Fsp3) is 0.889. The Morgan fingerprint density at radius 3 is 2.08 bits per heavy atom. The van der Waals surface area contributed by atoms with Gasteiger partial charge in [0, 0.05) is 0 Å². The molecule has 0 aromatic rings. The zero-order valence-corrected chi connectivity index (χ0v) is 8.49. The highest BCUT2D eigenvalue weighted by atomic mass is 35.5. The lowest BCUT2D eigenvalue weighted by Gasteiger charge is -2.45. The van der Waals surface area contributed by atoms with Gasteiger partial charge in [0.1, 0.15) is 0 Å². The average Bonchev–Trinajstić information content (AvgIpc) is 1.87. The van der Waals surface area contributed by atoms with Crippen LogP contribution in [-0.4, -0.2) is 11.1 Å². The first-order chi connectivity index (χ1) is 5.13. The highest BCUT2D eigenvalue weighted by Gasteiger charge is 2.44. The molecule has 0 atom stereocenters. The van der Waals surface area contributed by atoms with E-state index in [2.05, 4.69) is 13.8 Å². The van der Waals surface area contributed by atoms with Crippen LogP contribution in [0.3, 0.4) is 0 Å². The molecule has 1 aliphatic carbocycles. The molecule has 0 unspecified atom stereocenters. The van der Waals surface area contributed by atoms with Crippen molar-refractivity contribution in [3.63, 3.8) is 0 Å². The van der Waals surface area contributed by atoms with E-state index in [-0.39, 0.29) is 18.3 Å². The maximum Gasteiger partial charge on any atom is 0.306 e. The molecule has 2 nitrogen and oxygen atoms in total. The van der Waals surface area contributed by atoms with Gasteiger partial charge in [-0.05, 0) is 18.3 Å². The SMILES string of the molecule is CCC1(CC)CC(C(=O)O)C1.Cl. The van der Waals surface area contributed by atoms with E-state index in [9.17, 15) is 4.79 Å². The average molecular weight is 193 g/mol. The summed E-state index contributed by atoms with van der Waals surface area (Å²) in [6.45, 7) is 4.31. The summed E-state index contributed by atoms with van der Waals surface area (Å²) >= 11 is 0. The third-order valence-electron chi connectivity index (χ3n) is 3.21. The van der Waals surface area contributed by atoms with E-state index < -0.39 is 5.97 Å². The Labute approximate surface area is 79.8 Å². The normalized spacial score (nSPS) is 20.8. The summed E-state index contributed by atoms with van der Waals surface area (Å²) in [5.41, 5.74) is 0.378. The summed E-state index contributed by atoms with van der Waals surface area (Å²) in [5.74, 6) is -0.655. The van der Waals surface area contributed by atoms with Crippen molar-refractivity contribution in [3.05, 3.63) is 0 Å². The van der Waals surface area contributed by atoms with Crippen LogP contribution in [-0.2, 0) is 4.79 Å². The summed E-state index contributed by atoms with van der Waals surface area (Å²) in [6, 6.07) is 0. The minimum absolute atomic E-state index is 0. The van der Waals surface area contributed by atoms with Crippen LogP contribution in [0.25, 0.3) is 0 Å². The fourth-order valence-electron chi connectivity index (χ4n) is 1.99. The molecule has 0 spiro atoms. The zero-order valence-electron chi connectivity index (χ0n) is 7.67. The van der Waals surface area contributed by atoms with Crippen LogP contribution in [0.5, 0.6) is 0 Å². The molecule has 0 heterocycles. The van der Waals surface area contributed by atoms with Crippen LogP contribution >= 0.6 is 12.4 Å². The number of carboxylic acids is 1. The molecule has 12 heavy (non-hydrogen) atoms. The second-order valence-electron chi connectivity index (χ2n) is 3.65. The first-order valence-electron chi connectivity index (χ1n) is 4.36. The van der Waals surface area contributed by atoms with Gasteiger partial charge in [0.25, 0.3) is 0 Å². The fourth-order valence-corrected chi connectivity index (χ4v) is 1.99. The van der Waals surface area contributed by atoms with Crippen LogP contribution in [0.2, 0.25) is 0 Å². The summed E-state index contributed by atoms with van der Waals surface area (Å²) < 4.78 is 0. The van der Waals surface area contributed by atoms with Crippen molar-refractivity contribution in [3.8, 4) is 0 Å². The van der Waals surface area contributed by atoms with Crippen LogP contribution in [0, 0.1) is 11.3 Å². The lowest BCUT2D eigenvalue weighted by Crippen LogP contribution is -2.40. The van der Waals surface area contributed by atoms with Gasteiger partial charge < -0.3 is 5.11 Å². The van der Waals surface area contributed by atoms with Crippen molar-refractivity contribution in [2.45, 2.75) is 39.5 Å². The molecule has 0 aromatic carbocycles. The Kier molecular flexibility index (Phi) is 4.04. The first-order valence-corrected chi connectivity index (χ1v) is 4.36. The molecular formula is C9H17ClO2. The molecule has 0 bridgehead atoms. The van der Waals surface area contributed by atoms with Crippen LogP contribution in [0.15, 0.2) is 0 Å². The maximum atomic E-state index is 10.5. The van der Waals surface area contributed by atoms with E-state index in [0.717, 1.165) is 25.7 Å². The van der Waals surface area contributed by atoms with E-state index in [1.54, 1.807) is 0 Å². The number of halogens is 1. The molecule has 1 N–H and O–H groups in total. The highest BCUT2D eigenvalue weighted by Crippen LogP contribution is 2.50. The van der Waals surface area contributed by atoms with Crippen molar-refractivity contribution in [1.29, 1.82) is 0 Å². The lowest BCUT2D eigenvalue weighted by molar-refractivity contribution is -0.150. The van der Waals surface area contributed by atoms with Crippen molar-refractivity contribution in [1.82, 2.24) is 0 Å². The molecule has 72 valence electrons. The number of carboxylic acid groups (broad SMARTS) is 1. The number of hydrogen-bond donors (Lipinski definition) is 1. The van der Waals surface area contributed by atoms with Crippen molar-refractivity contribution >= 4 is 18.4 Å². The lowest BCUT2D eigenvalue weighted by atomic mass is 9.59. The summed E-state index contributed by atoms with van der Waals surface area (Å²) in [5, 5.41) is 8.66. The van der Waals surface area contributed by atoms with Crippen molar-refractivity contribution in [2.24, 2.45) is 11.3 Å². The van der Waals surface area contributed by atoms with Crippen molar-refractivity contribution in [2.75, 3.05) is 0 Å². The second-order valence-corrected chi connectivity index (χ2v) is 3.65. The third-order valence-corrected chi connectivity index (χ3v) is 3.21. The molecule has 3 heteroatoms. The predicted octanol–water partition coefficient (Wildman–Crippen LogP) is 2.71. The Morgan fingerprint density at radius 2 is 1.83 bits per heavy atom. The molecular weight excluding hydrogens is 176 g/mol. The topological polar surface area (TPSA) is 37.3 Å². The van der Waals surface area contributed by atoms with E-state index >= 15 is 0 Å². The number of carbonyl (C=O) groups is 1. The minimum Gasteiger partial charge on any atom is -0.481 e. The zero-order chi connectivity index (χ0) is 8.48. The Balaban J connectivity index is 0.00000121. The first kappa shape index (κ1) is 11.8. The van der Waals surface area contributed by atoms with Crippen LogP contribution < -0.4 is 0 Å². The Hall–Kier alpha value is -0.240. The summed E-state index contributed by atoms with van der Waals surface area (Å²) in [7, 11) is 0. The van der Waals surface area contributed by atoms with Gasteiger partial charge in [-0.15, -0.1) is 12.4 Å². The number of aliphatic carboxylic acids is 1. The van der Waals surface area contributed by atoms with E-state index in [0.29, 0.717) is 5.41 Å². The molecule has 0 aromatic heterocycles. The van der Waals surface area contributed by atoms with Gasteiger partial charge in [0.05, 0.1) is 5.92 Å². The quantitative estimate of drug-likeness (QED) is 0.747. The summed E-state index contributed by atoms with van der Waals surface area (Å²) in [4.78, 5) is 10.5. The molecule has 1 aliphatic rings. The molecule has 0 saturated heterocycles.